The van der Waals surface area contributed by atoms with Crippen LogP contribution in [0.1, 0.15) is 37.3 Å². The highest BCUT2D eigenvalue weighted by Gasteiger charge is 2.17. The van der Waals surface area contributed by atoms with Crippen molar-refractivity contribution in [3.8, 4) is 0 Å². The van der Waals surface area contributed by atoms with Crippen molar-refractivity contribution < 1.29 is 0 Å². The van der Waals surface area contributed by atoms with E-state index in [1.54, 1.807) is 0 Å². The summed E-state index contributed by atoms with van der Waals surface area (Å²) in [6.07, 6.45) is 5.46. The van der Waals surface area contributed by atoms with Crippen molar-refractivity contribution in [2.75, 3.05) is 6.54 Å². The van der Waals surface area contributed by atoms with Gasteiger partial charge < -0.3 is 5.32 Å². The number of nitrogens with one attached hydrogen (secondary N) is 1. The Labute approximate surface area is 99.3 Å². The average Bonchev–Trinajstić information content (AvgIpc) is 2.19. The first-order valence-corrected chi connectivity index (χ1v) is 6.53. The third-order valence-electron chi connectivity index (χ3n) is 3.64. The molecule has 1 unspecified atom stereocenters. The highest BCUT2D eigenvalue weighted by molar-refractivity contribution is 5.21. The monoisotopic (exact) mass is 217 g/mol. The molecule has 0 amide bonds. The molecule has 1 aromatic rings. The fourth-order valence-electron chi connectivity index (χ4n) is 2.21. The second-order valence-corrected chi connectivity index (χ2v) is 5.30. The van der Waals surface area contributed by atoms with Crippen molar-refractivity contribution >= 4 is 0 Å². The van der Waals surface area contributed by atoms with E-state index in [1.165, 1.54) is 36.9 Å². The Hall–Kier alpha value is -0.820. The fraction of sp³-hybridized carbons (Fsp3) is 0.600. The van der Waals surface area contributed by atoms with Crippen LogP contribution in [0.4, 0.5) is 0 Å². The third kappa shape index (κ3) is 3.34. The maximum atomic E-state index is 3.65. The third-order valence-corrected chi connectivity index (χ3v) is 3.64. The molecule has 1 aliphatic carbocycles. The lowest BCUT2D eigenvalue weighted by Gasteiger charge is -2.27. The minimum Gasteiger partial charge on any atom is -0.314 e. The Morgan fingerprint density at radius 3 is 2.50 bits per heavy atom. The first-order valence-electron chi connectivity index (χ1n) is 6.53. The van der Waals surface area contributed by atoms with Crippen molar-refractivity contribution in [2.45, 2.75) is 45.6 Å². The molecule has 1 N–H and O–H groups in total. The van der Waals surface area contributed by atoms with Crippen molar-refractivity contribution in [3.05, 3.63) is 35.4 Å². The Kier molecular flexibility index (Phi) is 4.00. The standard InChI is InChI=1S/C15H23N/c1-12-6-8-14(9-7-12)10-13(2)16-11-15-4-3-5-15/h6-9,13,15-16H,3-5,10-11H2,1-2H3. The Balaban J connectivity index is 1.73. The summed E-state index contributed by atoms with van der Waals surface area (Å²) >= 11 is 0. The summed E-state index contributed by atoms with van der Waals surface area (Å²) in [5.74, 6) is 0.959. The van der Waals surface area contributed by atoms with E-state index in [1.807, 2.05) is 0 Å². The van der Waals surface area contributed by atoms with Crippen LogP contribution in [0.5, 0.6) is 0 Å². The summed E-state index contributed by atoms with van der Waals surface area (Å²) in [7, 11) is 0. The lowest BCUT2D eigenvalue weighted by molar-refractivity contribution is 0.291. The summed E-state index contributed by atoms with van der Waals surface area (Å²) in [6, 6.07) is 9.50. The van der Waals surface area contributed by atoms with E-state index < -0.39 is 0 Å². The van der Waals surface area contributed by atoms with Crippen LogP contribution in [0, 0.1) is 12.8 Å². The molecular weight excluding hydrogens is 194 g/mol. The lowest BCUT2D eigenvalue weighted by Crippen LogP contribution is -2.34. The molecule has 1 saturated carbocycles. The van der Waals surface area contributed by atoms with Gasteiger partial charge in [0.1, 0.15) is 0 Å². The largest absolute Gasteiger partial charge is 0.314 e. The van der Waals surface area contributed by atoms with Crippen LogP contribution in [0.25, 0.3) is 0 Å². The lowest BCUT2D eigenvalue weighted by atomic mass is 9.85. The van der Waals surface area contributed by atoms with Gasteiger partial charge in [0.25, 0.3) is 0 Å². The van der Waals surface area contributed by atoms with Crippen LogP contribution >= 0.6 is 0 Å². The summed E-state index contributed by atoms with van der Waals surface area (Å²) in [4.78, 5) is 0. The molecule has 1 atom stereocenters. The number of hydrogen-bond acceptors (Lipinski definition) is 1. The minimum atomic E-state index is 0.600. The second kappa shape index (κ2) is 5.49. The molecule has 88 valence electrons. The molecule has 1 nitrogen and oxygen atoms in total. The second-order valence-electron chi connectivity index (χ2n) is 5.30. The molecule has 1 aliphatic rings. The van der Waals surface area contributed by atoms with Gasteiger partial charge in [-0.15, -0.1) is 0 Å². The van der Waals surface area contributed by atoms with Crippen molar-refractivity contribution in [1.29, 1.82) is 0 Å². The van der Waals surface area contributed by atoms with Gasteiger partial charge in [0.15, 0.2) is 0 Å². The molecule has 0 saturated heterocycles. The van der Waals surface area contributed by atoms with Crippen LogP contribution in [0.3, 0.4) is 0 Å². The Morgan fingerprint density at radius 2 is 1.94 bits per heavy atom. The van der Waals surface area contributed by atoms with Crippen LogP contribution < -0.4 is 5.32 Å². The van der Waals surface area contributed by atoms with Gasteiger partial charge in [-0.1, -0.05) is 36.2 Å². The van der Waals surface area contributed by atoms with Gasteiger partial charge in [0.05, 0.1) is 0 Å². The van der Waals surface area contributed by atoms with Crippen molar-refractivity contribution in [1.82, 2.24) is 5.32 Å². The van der Waals surface area contributed by atoms with Gasteiger partial charge in [-0.25, -0.2) is 0 Å². The minimum absolute atomic E-state index is 0.600. The van der Waals surface area contributed by atoms with Gasteiger partial charge >= 0.3 is 0 Å². The molecule has 1 aromatic carbocycles. The van der Waals surface area contributed by atoms with E-state index in [4.69, 9.17) is 0 Å². The molecule has 0 bridgehead atoms. The highest BCUT2D eigenvalue weighted by Crippen LogP contribution is 2.25. The number of aryl methyl sites for hydroxylation is 1. The normalized spacial score (nSPS) is 18.1. The van der Waals surface area contributed by atoms with Crippen molar-refractivity contribution in [3.63, 3.8) is 0 Å². The first kappa shape index (κ1) is 11.7. The van der Waals surface area contributed by atoms with Gasteiger partial charge in [-0.05, 0) is 51.1 Å². The molecular formula is C15H23N. The Morgan fingerprint density at radius 1 is 1.25 bits per heavy atom. The van der Waals surface area contributed by atoms with E-state index in [0.29, 0.717) is 6.04 Å². The van der Waals surface area contributed by atoms with Gasteiger partial charge in [0.2, 0.25) is 0 Å². The molecule has 1 heteroatoms. The van der Waals surface area contributed by atoms with Gasteiger partial charge in [-0.3, -0.25) is 0 Å². The molecule has 0 radical (unpaired) electrons. The first-order chi connectivity index (χ1) is 7.74. The van der Waals surface area contributed by atoms with E-state index in [9.17, 15) is 0 Å². The van der Waals surface area contributed by atoms with E-state index in [2.05, 4.69) is 43.4 Å². The summed E-state index contributed by atoms with van der Waals surface area (Å²) in [5.41, 5.74) is 2.79. The zero-order chi connectivity index (χ0) is 11.4. The smallest absolute Gasteiger partial charge is 0.00792 e. The summed E-state index contributed by atoms with van der Waals surface area (Å²) in [6.45, 7) is 5.65. The van der Waals surface area contributed by atoms with Crippen LogP contribution in [0.15, 0.2) is 24.3 Å². The van der Waals surface area contributed by atoms with Gasteiger partial charge in [0, 0.05) is 6.04 Å². The zero-order valence-electron chi connectivity index (χ0n) is 10.5. The molecule has 0 heterocycles. The van der Waals surface area contributed by atoms with Gasteiger partial charge in [-0.2, -0.15) is 0 Å². The SMILES string of the molecule is Cc1ccc(CC(C)NCC2CCC2)cc1. The van der Waals surface area contributed by atoms with Crippen LogP contribution in [0.2, 0.25) is 0 Å². The molecule has 2 rings (SSSR count). The fourth-order valence-corrected chi connectivity index (χ4v) is 2.21. The maximum Gasteiger partial charge on any atom is 0.00792 e. The predicted molar refractivity (Wildman–Crippen MR) is 69.7 cm³/mol. The summed E-state index contributed by atoms with van der Waals surface area (Å²) < 4.78 is 0. The zero-order valence-corrected chi connectivity index (χ0v) is 10.5. The van der Waals surface area contributed by atoms with Crippen LogP contribution in [-0.2, 0) is 6.42 Å². The van der Waals surface area contributed by atoms with E-state index in [-0.39, 0.29) is 0 Å². The number of hydrogen-bond donors (Lipinski definition) is 1. The quantitative estimate of drug-likeness (QED) is 0.798. The number of benzene rings is 1. The molecule has 0 spiro atoms. The van der Waals surface area contributed by atoms with Crippen LogP contribution in [-0.4, -0.2) is 12.6 Å². The highest BCUT2D eigenvalue weighted by atomic mass is 14.9. The maximum absolute atomic E-state index is 3.65. The number of rotatable bonds is 5. The summed E-state index contributed by atoms with van der Waals surface area (Å²) in [5, 5.41) is 3.65. The molecule has 16 heavy (non-hydrogen) atoms. The topological polar surface area (TPSA) is 12.0 Å². The average molecular weight is 217 g/mol. The predicted octanol–water partition coefficient (Wildman–Crippen LogP) is 3.32. The molecule has 1 fully saturated rings. The molecule has 0 aliphatic heterocycles. The Bertz CT molecular complexity index is 311. The van der Waals surface area contributed by atoms with Crippen molar-refractivity contribution in [2.24, 2.45) is 5.92 Å². The van der Waals surface area contributed by atoms with E-state index >= 15 is 0 Å². The molecule has 0 aromatic heterocycles. The van der Waals surface area contributed by atoms with E-state index in [0.717, 1.165) is 12.3 Å².